The van der Waals surface area contributed by atoms with Crippen LogP contribution in [0.1, 0.15) is 16.8 Å². The fourth-order valence-electron chi connectivity index (χ4n) is 2.14. The summed E-state index contributed by atoms with van der Waals surface area (Å²) in [6.45, 7) is 1.80. The fourth-order valence-corrected chi connectivity index (χ4v) is 2.14. The van der Waals surface area contributed by atoms with Crippen molar-refractivity contribution < 1.29 is 0 Å². The first-order chi connectivity index (χ1) is 9.10. The van der Waals surface area contributed by atoms with Crippen LogP contribution < -0.4 is 4.90 Å². The van der Waals surface area contributed by atoms with Crippen LogP contribution in [0, 0.1) is 29.6 Å². The van der Waals surface area contributed by atoms with Crippen molar-refractivity contribution in [2.24, 2.45) is 7.05 Å². The van der Waals surface area contributed by atoms with Crippen LogP contribution in [-0.4, -0.2) is 16.8 Å². The second-order valence-electron chi connectivity index (χ2n) is 4.21. The van der Waals surface area contributed by atoms with Gasteiger partial charge in [0.05, 0.1) is 16.9 Å². The lowest BCUT2D eigenvalue weighted by molar-refractivity contribution is 0.750. The summed E-state index contributed by atoms with van der Waals surface area (Å²) in [5, 5.41) is 22.6. The molecule has 0 aliphatic rings. The summed E-state index contributed by atoms with van der Waals surface area (Å²) in [4.78, 5) is 1.82. The number of benzene rings is 1. The van der Waals surface area contributed by atoms with Gasteiger partial charge in [-0.15, -0.1) is 0 Å². The molecular weight excluding hydrogens is 238 g/mol. The molecule has 0 aliphatic carbocycles. The number of aromatic nitrogens is 2. The van der Waals surface area contributed by atoms with Crippen molar-refractivity contribution in [3.63, 3.8) is 0 Å². The molecule has 0 amide bonds. The van der Waals surface area contributed by atoms with E-state index in [0.29, 0.717) is 22.6 Å². The molecule has 0 bridgehead atoms. The van der Waals surface area contributed by atoms with E-state index >= 15 is 0 Å². The monoisotopic (exact) mass is 251 g/mol. The quantitative estimate of drug-likeness (QED) is 0.820. The van der Waals surface area contributed by atoms with Crippen molar-refractivity contribution in [2.75, 3.05) is 11.9 Å². The summed E-state index contributed by atoms with van der Waals surface area (Å²) < 4.78 is 1.65. The number of nitrogens with zero attached hydrogens (tertiary/aromatic N) is 5. The van der Waals surface area contributed by atoms with E-state index in [4.69, 9.17) is 5.26 Å². The zero-order chi connectivity index (χ0) is 14.0. The number of hydrogen-bond acceptors (Lipinski definition) is 4. The predicted octanol–water partition coefficient (Wildman–Crippen LogP) is 2.24. The normalized spacial score (nSPS) is 9.74. The first-order valence-corrected chi connectivity index (χ1v) is 5.76. The summed E-state index contributed by atoms with van der Waals surface area (Å²) >= 11 is 0. The smallest absolute Gasteiger partial charge is 0.149 e. The van der Waals surface area contributed by atoms with Gasteiger partial charge in [-0.05, 0) is 19.1 Å². The Morgan fingerprint density at radius 2 is 1.89 bits per heavy atom. The highest BCUT2D eigenvalue weighted by molar-refractivity contribution is 5.71. The van der Waals surface area contributed by atoms with E-state index in [-0.39, 0.29) is 0 Å². The van der Waals surface area contributed by atoms with Crippen LogP contribution in [0.4, 0.5) is 11.5 Å². The summed E-state index contributed by atoms with van der Waals surface area (Å²) in [6, 6.07) is 11.6. The molecule has 0 atom stereocenters. The van der Waals surface area contributed by atoms with Gasteiger partial charge in [0.15, 0.2) is 0 Å². The molecular formula is C14H13N5. The summed E-state index contributed by atoms with van der Waals surface area (Å²) in [7, 11) is 3.61. The molecule has 94 valence electrons. The van der Waals surface area contributed by atoms with Crippen LogP contribution in [0.25, 0.3) is 0 Å². The lowest BCUT2D eigenvalue weighted by atomic mass is 10.1. The van der Waals surface area contributed by atoms with E-state index < -0.39 is 0 Å². The molecule has 0 N–H and O–H groups in total. The van der Waals surface area contributed by atoms with Crippen LogP contribution in [-0.2, 0) is 7.05 Å². The molecule has 0 saturated carbocycles. The number of anilines is 2. The van der Waals surface area contributed by atoms with E-state index in [9.17, 15) is 5.26 Å². The van der Waals surface area contributed by atoms with Gasteiger partial charge < -0.3 is 4.90 Å². The Hall–Kier alpha value is -2.79. The number of hydrogen-bond donors (Lipinski definition) is 0. The maximum atomic E-state index is 9.24. The highest BCUT2D eigenvalue weighted by Gasteiger charge is 2.19. The maximum Gasteiger partial charge on any atom is 0.149 e. The Morgan fingerprint density at radius 1 is 1.21 bits per heavy atom. The third-order valence-corrected chi connectivity index (χ3v) is 3.01. The molecule has 1 aromatic carbocycles. The first-order valence-electron chi connectivity index (χ1n) is 5.76. The van der Waals surface area contributed by atoms with Gasteiger partial charge in [-0.1, -0.05) is 12.1 Å². The van der Waals surface area contributed by atoms with E-state index in [0.717, 1.165) is 5.69 Å². The second-order valence-corrected chi connectivity index (χ2v) is 4.21. The second kappa shape index (κ2) is 4.83. The van der Waals surface area contributed by atoms with Crippen molar-refractivity contribution in [3.8, 4) is 12.1 Å². The molecule has 5 heteroatoms. The number of para-hydroxylation sites is 1. The fraction of sp³-hybridized carbons (Fsp3) is 0.214. The van der Waals surface area contributed by atoms with Crippen molar-refractivity contribution in [1.82, 2.24) is 9.78 Å². The third kappa shape index (κ3) is 2.02. The van der Waals surface area contributed by atoms with Gasteiger partial charge in [0.1, 0.15) is 23.5 Å². The first kappa shape index (κ1) is 12.7. The van der Waals surface area contributed by atoms with Gasteiger partial charge in [0.25, 0.3) is 0 Å². The van der Waals surface area contributed by atoms with Crippen LogP contribution in [0.3, 0.4) is 0 Å². The standard InChI is InChI=1S/C14H13N5/c1-10-12(9-16)14(19(3)17-10)18(2)13-7-5-4-6-11(13)8-15/h4-7H,1-3H3. The lowest BCUT2D eigenvalue weighted by Crippen LogP contribution is -2.15. The number of aryl methyl sites for hydroxylation is 2. The minimum atomic E-state index is 0.526. The van der Waals surface area contributed by atoms with Crippen LogP contribution in [0.5, 0.6) is 0 Å². The molecule has 0 radical (unpaired) electrons. The topological polar surface area (TPSA) is 68.6 Å². The highest BCUT2D eigenvalue weighted by atomic mass is 15.4. The lowest BCUT2D eigenvalue weighted by Gasteiger charge is -2.20. The van der Waals surface area contributed by atoms with Crippen LogP contribution in [0.2, 0.25) is 0 Å². The molecule has 5 nitrogen and oxygen atoms in total. The Balaban J connectivity index is 2.61. The average Bonchev–Trinajstić information content (AvgIpc) is 2.71. The number of nitriles is 2. The Kier molecular flexibility index (Phi) is 3.22. The maximum absolute atomic E-state index is 9.24. The van der Waals surface area contributed by atoms with Gasteiger partial charge in [-0.2, -0.15) is 15.6 Å². The summed E-state index contributed by atoms with van der Waals surface area (Å²) in [6.07, 6.45) is 0. The average molecular weight is 251 g/mol. The minimum Gasteiger partial charge on any atom is -0.327 e. The molecule has 2 rings (SSSR count). The SMILES string of the molecule is Cc1nn(C)c(N(C)c2ccccc2C#N)c1C#N. The Labute approximate surface area is 111 Å². The molecule has 19 heavy (non-hydrogen) atoms. The van der Waals surface area contributed by atoms with Crippen molar-refractivity contribution in [3.05, 3.63) is 41.1 Å². The predicted molar refractivity (Wildman–Crippen MR) is 71.9 cm³/mol. The summed E-state index contributed by atoms with van der Waals surface area (Å²) in [5.41, 5.74) is 2.52. The van der Waals surface area contributed by atoms with Crippen LogP contribution >= 0.6 is 0 Å². The van der Waals surface area contributed by atoms with Gasteiger partial charge in [-0.25, -0.2) is 0 Å². The molecule has 0 spiro atoms. The summed E-state index contributed by atoms with van der Waals surface area (Å²) in [5.74, 6) is 0.683. The van der Waals surface area contributed by atoms with Gasteiger partial charge >= 0.3 is 0 Å². The van der Waals surface area contributed by atoms with E-state index in [1.807, 2.05) is 30.1 Å². The number of rotatable bonds is 2. The molecule has 0 fully saturated rings. The molecule has 1 heterocycles. The van der Waals surface area contributed by atoms with Crippen molar-refractivity contribution in [2.45, 2.75) is 6.92 Å². The largest absolute Gasteiger partial charge is 0.327 e. The highest BCUT2D eigenvalue weighted by Crippen LogP contribution is 2.30. The zero-order valence-corrected chi connectivity index (χ0v) is 11.0. The third-order valence-electron chi connectivity index (χ3n) is 3.01. The van der Waals surface area contributed by atoms with Gasteiger partial charge in [-0.3, -0.25) is 4.68 Å². The molecule has 0 saturated heterocycles. The minimum absolute atomic E-state index is 0.526. The van der Waals surface area contributed by atoms with E-state index in [1.54, 1.807) is 24.7 Å². The zero-order valence-electron chi connectivity index (χ0n) is 11.0. The van der Waals surface area contributed by atoms with E-state index in [2.05, 4.69) is 17.2 Å². The van der Waals surface area contributed by atoms with Gasteiger partial charge in [0.2, 0.25) is 0 Å². The van der Waals surface area contributed by atoms with Crippen LogP contribution in [0.15, 0.2) is 24.3 Å². The molecule has 1 aromatic heterocycles. The van der Waals surface area contributed by atoms with Gasteiger partial charge in [0, 0.05) is 14.1 Å². The van der Waals surface area contributed by atoms with E-state index in [1.165, 1.54) is 0 Å². The molecule has 0 aliphatic heterocycles. The molecule has 2 aromatic rings. The Morgan fingerprint density at radius 3 is 2.53 bits per heavy atom. The van der Waals surface area contributed by atoms with Crippen molar-refractivity contribution >= 4 is 11.5 Å². The molecule has 0 unspecified atom stereocenters. The van der Waals surface area contributed by atoms with Crippen molar-refractivity contribution in [1.29, 1.82) is 10.5 Å². The Bertz CT molecular complexity index is 700.